The Morgan fingerprint density at radius 1 is 1.15 bits per heavy atom. The first kappa shape index (κ1) is 15.5. The molecule has 1 saturated carbocycles. The lowest BCUT2D eigenvalue weighted by atomic mass is 10.1. The van der Waals surface area contributed by atoms with Gasteiger partial charge in [0.25, 0.3) is 0 Å². The third-order valence-corrected chi connectivity index (χ3v) is 3.88. The number of hydrogen-bond donors (Lipinski definition) is 1. The van der Waals surface area contributed by atoms with Crippen molar-refractivity contribution in [2.24, 2.45) is 5.92 Å². The van der Waals surface area contributed by atoms with Crippen molar-refractivity contribution in [3.05, 3.63) is 35.4 Å². The molecule has 1 aliphatic rings. The highest BCUT2D eigenvalue weighted by Crippen LogP contribution is 2.19. The Morgan fingerprint density at radius 3 is 2.45 bits per heavy atom. The second-order valence-corrected chi connectivity index (χ2v) is 6.89. The first-order chi connectivity index (χ1) is 9.54. The van der Waals surface area contributed by atoms with Crippen molar-refractivity contribution in [2.45, 2.75) is 65.7 Å². The van der Waals surface area contributed by atoms with Gasteiger partial charge in [-0.15, -0.1) is 0 Å². The van der Waals surface area contributed by atoms with Gasteiger partial charge >= 0.3 is 0 Å². The van der Waals surface area contributed by atoms with E-state index in [4.69, 9.17) is 0 Å². The molecule has 2 rings (SSSR count). The van der Waals surface area contributed by atoms with Crippen LogP contribution in [0.1, 0.15) is 51.7 Å². The summed E-state index contributed by atoms with van der Waals surface area (Å²) in [6, 6.07) is 10.5. The van der Waals surface area contributed by atoms with Gasteiger partial charge in [-0.3, -0.25) is 4.90 Å². The Labute approximate surface area is 124 Å². The monoisotopic (exact) mass is 274 g/mol. The van der Waals surface area contributed by atoms with Gasteiger partial charge in [0.2, 0.25) is 0 Å². The van der Waals surface area contributed by atoms with E-state index >= 15 is 0 Å². The zero-order chi connectivity index (χ0) is 14.5. The molecule has 0 saturated heterocycles. The number of hydrogen-bond acceptors (Lipinski definition) is 2. The van der Waals surface area contributed by atoms with E-state index in [2.05, 4.69) is 62.2 Å². The van der Waals surface area contributed by atoms with Gasteiger partial charge in [-0.05, 0) is 43.7 Å². The van der Waals surface area contributed by atoms with Crippen LogP contribution >= 0.6 is 0 Å². The summed E-state index contributed by atoms with van der Waals surface area (Å²) < 4.78 is 0. The van der Waals surface area contributed by atoms with Crippen LogP contribution in [0.2, 0.25) is 0 Å². The molecule has 112 valence electrons. The third-order valence-electron chi connectivity index (χ3n) is 3.88. The highest BCUT2D eigenvalue weighted by molar-refractivity contribution is 5.23. The molecule has 1 aromatic carbocycles. The molecule has 0 aromatic heterocycles. The van der Waals surface area contributed by atoms with Crippen LogP contribution in [0.3, 0.4) is 0 Å². The predicted molar refractivity (Wildman–Crippen MR) is 86.7 cm³/mol. The minimum absolute atomic E-state index is 0.602. The van der Waals surface area contributed by atoms with E-state index in [1.165, 1.54) is 30.5 Å². The Bertz CT molecular complexity index is 408. The number of benzene rings is 1. The maximum Gasteiger partial charge on any atom is 0.0236 e. The summed E-state index contributed by atoms with van der Waals surface area (Å²) in [4.78, 5) is 2.57. The summed E-state index contributed by atoms with van der Waals surface area (Å²) >= 11 is 0. The fourth-order valence-electron chi connectivity index (χ4n) is 2.55. The van der Waals surface area contributed by atoms with Crippen molar-refractivity contribution in [1.82, 2.24) is 10.2 Å². The number of rotatable bonds is 8. The average molecular weight is 274 g/mol. The van der Waals surface area contributed by atoms with Crippen LogP contribution in [0.25, 0.3) is 0 Å². The van der Waals surface area contributed by atoms with Crippen molar-refractivity contribution < 1.29 is 0 Å². The molecule has 0 spiro atoms. The molecule has 1 fully saturated rings. The second kappa shape index (κ2) is 7.24. The summed E-state index contributed by atoms with van der Waals surface area (Å²) in [5, 5.41) is 3.59. The largest absolute Gasteiger partial charge is 0.310 e. The van der Waals surface area contributed by atoms with Gasteiger partial charge in [-0.2, -0.15) is 0 Å². The lowest BCUT2D eigenvalue weighted by molar-refractivity contribution is 0.189. The van der Waals surface area contributed by atoms with E-state index in [0.717, 1.165) is 25.0 Å². The topological polar surface area (TPSA) is 15.3 Å². The first-order valence-corrected chi connectivity index (χ1v) is 8.10. The van der Waals surface area contributed by atoms with Crippen LogP contribution < -0.4 is 5.32 Å². The molecule has 0 amide bonds. The highest BCUT2D eigenvalue weighted by atomic mass is 15.1. The Morgan fingerprint density at radius 2 is 1.85 bits per heavy atom. The molecule has 0 heterocycles. The van der Waals surface area contributed by atoms with Crippen LogP contribution in [-0.2, 0) is 13.1 Å². The molecular formula is C18H30N2. The van der Waals surface area contributed by atoms with E-state index in [-0.39, 0.29) is 0 Å². The second-order valence-electron chi connectivity index (χ2n) is 6.89. The fraction of sp³-hybridized carbons (Fsp3) is 0.667. The minimum Gasteiger partial charge on any atom is -0.310 e. The van der Waals surface area contributed by atoms with Crippen molar-refractivity contribution in [2.75, 3.05) is 6.54 Å². The fourth-order valence-corrected chi connectivity index (χ4v) is 2.55. The summed E-state index contributed by atoms with van der Waals surface area (Å²) in [6.45, 7) is 12.4. The van der Waals surface area contributed by atoms with Crippen LogP contribution in [-0.4, -0.2) is 23.5 Å². The summed E-state index contributed by atoms with van der Waals surface area (Å²) in [7, 11) is 0. The number of nitrogens with zero attached hydrogens (tertiary/aromatic N) is 1. The highest BCUT2D eigenvalue weighted by Gasteiger charge is 2.20. The molecule has 2 nitrogen and oxygen atoms in total. The summed E-state index contributed by atoms with van der Waals surface area (Å²) in [5.41, 5.74) is 2.86. The molecule has 0 unspecified atom stereocenters. The van der Waals surface area contributed by atoms with Crippen LogP contribution in [0.5, 0.6) is 0 Å². The van der Waals surface area contributed by atoms with Gasteiger partial charge in [0.15, 0.2) is 0 Å². The van der Waals surface area contributed by atoms with Crippen molar-refractivity contribution in [3.63, 3.8) is 0 Å². The van der Waals surface area contributed by atoms with Crippen molar-refractivity contribution in [1.29, 1.82) is 0 Å². The maximum atomic E-state index is 3.59. The van der Waals surface area contributed by atoms with E-state index < -0.39 is 0 Å². The Kier molecular flexibility index (Phi) is 5.62. The van der Waals surface area contributed by atoms with Gasteiger partial charge in [-0.1, -0.05) is 38.1 Å². The zero-order valence-electron chi connectivity index (χ0n) is 13.5. The summed E-state index contributed by atoms with van der Waals surface area (Å²) in [5.74, 6) is 0.720. The molecule has 1 aromatic rings. The molecule has 20 heavy (non-hydrogen) atoms. The normalized spacial score (nSPS) is 15.6. The van der Waals surface area contributed by atoms with Gasteiger partial charge < -0.3 is 5.32 Å². The molecule has 0 aliphatic heterocycles. The van der Waals surface area contributed by atoms with E-state index in [0.29, 0.717) is 6.04 Å². The summed E-state index contributed by atoms with van der Waals surface area (Å²) in [6.07, 6.45) is 2.71. The smallest absolute Gasteiger partial charge is 0.0236 e. The molecule has 0 atom stereocenters. The van der Waals surface area contributed by atoms with Gasteiger partial charge in [0.1, 0.15) is 0 Å². The maximum absolute atomic E-state index is 3.59. The van der Waals surface area contributed by atoms with Crippen LogP contribution in [0, 0.1) is 5.92 Å². The molecular weight excluding hydrogens is 244 g/mol. The molecule has 0 bridgehead atoms. The molecule has 1 aliphatic carbocycles. The van der Waals surface area contributed by atoms with E-state index in [9.17, 15) is 0 Å². The van der Waals surface area contributed by atoms with Gasteiger partial charge in [0, 0.05) is 31.7 Å². The SMILES string of the molecule is CC(C)CN(Cc1cccc(CNC2CC2)c1)C(C)C. The minimum atomic E-state index is 0.602. The van der Waals surface area contributed by atoms with Gasteiger partial charge in [-0.25, -0.2) is 0 Å². The van der Waals surface area contributed by atoms with Gasteiger partial charge in [0.05, 0.1) is 0 Å². The lowest BCUT2D eigenvalue weighted by Gasteiger charge is -2.28. The zero-order valence-corrected chi connectivity index (χ0v) is 13.5. The predicted octanol–water partition coefficient (Wildman–Crippen LogP) is 3.81. The van der Waals surface area contributed by atoms with Crippen LogP contribution in [0.15, 0.2) is 24.3 Å². The first-order valence-electron chi connectivity index (χ1n) is 8.10. The van der Waals surface area contributed by atoms with E-state index in [1.54, 1.807) is 0 Å². The molecule has 1 N–H and O–H groups in total. The average Bonchev–Trinajstić information content (AvgIpc) is 3.19. The Hall–Kier alpha value is -0.860. The standard InChI is InChI=1S/C18H30N2/c1-14(2)12-20(15(3)4)13-17-7-5-6-16(10-17)11-19-18-8-9-18/h5-7,10,14-15,18-19H,8-9,11-13H2,1-4H3. The number of nitrogens with one attached hydrogen (secondary N) is 1. The third kappa shape index (κ3) is 5.26. The lowest BCUT2D eigenvalue weighted by Crippen LogP contribution is -2.33. The van der Waals surface area contributed by atoms with Crippen LogP contribution in [0.4, 0.5) is 0 Å². The molecule has 0 radical (unpaired) electrons. The van der Waals surface area contributed by atoms with Crippen molar-refractivity contribution >= 4 is 0 Å². The Balaban J connectivity index is 1.93. The van der Waals surface area contributed by atoms with E-state index in [1.807, 2.05) is 0 Å². The van der Waals surface area contributed by atoms with Crippen molar-refractivity contribution in [3.8, 4) is 0 Å². The molecule has 2 heteroatoms. The quantitative estimate of drug-likeness (QED) is 0.775.